The van der Waals surface area contributed by atoms with E-state index in [2.05, 4.69) is 46.4 Å². The quantitative estimate of drug-likeness (QED) is 0.803. The fraction of sp³-hybridized carbons (Fsp3) is 1.00. The van der Waals surface area contributed by atoms with Gasteiger partial charge in [0, 0.05) is 6.54 Å². The van der Waals surface area contributed by atoms with Crippen molar-refractivity contribution >= 4 is 0 Å². The van der Waals surface area contributed by atoms with Crippen LogP contribution in [-0.2, 0) is 0 Å². The molecule has 0 saturated carbocycles. The monoisotopic (exact) mass is 241 g/mol. The molecular formula is C15H31NO. The van der Waals surface area contributed by atoms with Gasteiger partial charge in [0.15, 0.2) is 0 Å². The molecule has 0 amide bonds. The molecular weight excluding hydrogens is 210 g/mol. The number of rotatable bonds is 2. The fourth-order valence-electron chi connectivity index (χ4n) is 2.50. The molecule has 0 aliphatic carbocycles. The normalized spacial score (nSPS) is 22.8. The van der Waals surface area contributed by atoms with Crippen LogP contribution in [0.1, 0.15) is 54.4 Å². The maximum atomic E-state index is 10.1. The van der Waals surface area contributed by atoms with Crippen molar-refractivity contribution in [2.45, 2.75) is 60.5 Å². The van der Waals surface area contributed by atoms with Gasteiger partial charge in [-0.05, 0) is 42.7 Å². The van der Waals surface area contributed by atoms with Crippen LogP contribution in [0.25, 0.3) is 0 Å². The molecule has 1 N–H and O–H groups in total. The van der Waals surface area contributed by atoms with Crippen molar-refractivity contribution in [2.75, 3.05) is 19.6 Å². The molecule has 1 aliphatic rings. The van der Waals surface area contributed by atoms with Crippen molar-refractivity contribution in [3.05, 3.63) is 0 Å². The van der Waals surface area contributed by atoms with Crippen molar-refractivity contribution in [2.24, 2.45) is 16.7 Å². The lowest BCUT2D eigenvalue weighted by molar-refractivity contribution is 0.0113. The highest BCUT2D eigenvalue weighted by molar-refractivity contribution is 4.83. The maximum Gasteiger partial charge on any atom is 0.0715 e. The van der Waals surface area contributed by atoms with E-state index in [1.807, 2.05) is 0 Å². The van der Waals surface area contributed by atoms with Gasteiger partial charge in [-0.3, -0.25) is 0 Å². The molecule has 17 heavy (non-hydrogen) atoms. The van der Waals surface area contributed by atoms with Gasteiger partial charge in [0.2, 0.25) is 0 Å². The van der Waals surface area contributed by atoms with Crippen molar-refractivity contribution in [1.29, 1.82) is 0 Å². The first-order valence-electron chi connectivity index (χ1n) is 7.01. The average Bonchev–Trinajstić information content (AvgIpc) is 2.15. The summed E-state index contributed by atoms with van der Waals surface area (Å²) in [5.41, 5.74) is 0.440. The van der Waals surface area contributed by atoms with E-state index in [0.717, 1.165) is 25.6 Å². The Morgan fingerprint density at radius 1 is 1.06 bits per heavy atom. The highest BCUT2D eigenvalue weighted by Gasteiger charge is 2.31. The summed E-state index contributed by atoms with van der Waals surface area (Å²) in [4.78, 5) is 2.43. The molecule has 1 rings (SSSR count). The van der Waals surface area contributed by atoms with E-state index in [0.29, 0.717) is 5.41 Å². The van der Waals surface area contributed by atoms with E-state index < -0.39 is 0 Å². The van der Waals surface area contributed by atoms with Crippen LogP contribution < -0.4 is 0 Å². The van der Waals surface area contributed by atoms with Gasteiger partial charge in [-0.15, -0.1) is 0 Å². The lowest BCUT2D eigenvalue weighted by Crippen LogP contribution is -2.44. The molecule has 1 heterocycles. The first-order valence-corrected chi connectivity index (χ1v) is 7.01. The Hall–Kier alpha value is -0.0800. The predicted molar refractivity (Wildman–Crippen MR) is 74.1 cm³/mol. The van der Waals surface area contributed by atoms with Crippen LogP contribution in [0.4, 0.5) is 0 Å². The number of piperidine rings is 1. The minimum atomic E-state index is -0.214. The average molecular weight is 241 g/mol. The zero-order valence-corrected chi connectivity index (χ0v) is 12.6. The van der Waals surface area contributed by atoms with Gasteiger partial charge in [0.1, 0.15) is 0 Å². The van der Waals surface area contributed by atoms with E-state index in [4.69, 9.17) is 0 Å². The second-order valence-electron chi connectivity index (χ2n) is 7.82. The van der Waals surface area contributed by atoms with E-state index in [1.165, 1.54) is 12.8 Å². The highest BCUT2D eigenvalue weighted by atomic mass is 16.3. The van der Waals surface area contributed by atoms with Crippen LogP contribution in [0.3, 0.4) is 0 Å². The molecule has 0 aromatic rings. The minimum Gasteiger partial charge on any atom is -0.391 e. The van der Waals surface area contributed by atoms with Crippen molar-refractivity contribution in [1.82, 2.24) is 4.90 Å². The van der Waals surface area contributed by atoms with Gasteiger partial charge in [0.05, 0.1) is 6.10 Å². The predicted octanol–water partition coefficient (Wildman–Crippen LogP) is 3.15. The van der Waals surface area contributed by atoms with Crippen LogP contribution >= 0.6 is 0 Å². The number of hydrogen-bond donors (Lipinski definition) is 1. The SMILES string of the molecule is CC(C)(C)C(O)CN1CCC(C(C)(C)C)CC1. The first-order chi connectivity index (χ1) is 7.60. The topological polar surface area (TPSA) is 23.5 Å². The molecule has 2 nitrogen and oxygen atoms in total. The second kappa shape index (κ2) is 5.27. The summed E-state index contributed by atoms with van der Waals surface area (Å²) in [5, 5.41) is 10.1. The minimum absolute atomic E-state index is 0.000869. The molecule has 1 fully saturated rings. The lowest BCUT2D eigenvalue weighted by atomic mass is 9.75. The van der Waals surface area contributed by atoms with Crippen LogP contribution in [0.2, 0.25) is 0 Å². The second-order valence-corrected chi connectivity index (χ2v) is 7.82. The zero-order valence-electron chi connectivity index (χ0n) is 12.6. The van der Waals surface area contributed by atoms with E-state index in [1.54, 1.807) is 0 Å². The van der Waals surface area contributed by atoms with E-state index in [9.17, 15) is 5.11 Å². The smallest absolute Gasteiger partial charge is 0.0715 e. The summed E-state index contributed by atoms with van der Waals surface area (Å²) in [6, 6.07) is 0. The summed E-state index contributed by atoms with van der Waals surface area (Å²) in [6.45, 7) is 16.5. The lowest BCUT2D eigenvalue weighted by Gasteiger charge is -2.40. The van der Waals surface area contributed by atoms with Crippen LogP contribution in [0, 0.1) is 16.7 Å². The molecule has 102 valence electrons. The summed E-state index contributed by atoms with van der Waals surface area (Å²) in [5.74, 6) is 0.838. The zero-order chi connectivity index (χ0) is 13.3. The van der Waals surface area contributed by atoms with Crippen LogP contribution in [0.15, 0.2) is 0 Å². The third kappa shape index (κ3) is 4.59. The third-order valence-corrected chi connectivity index (χ3v) is 4.24. The molecule has 1 atom stereocenters. The standard InChI is InChI=1S/C15H31NO/c1-14(2,3)12-7-9-16(10-8-12)11-13(17)15(4,5)6/h12-13,17H,7-11H2,1-6H3. The first kappa shape index (κ1) is 15.0. The van der Waals surface area contributed by atoms with E-state index >= 15 is 0 Å². The van der Waals surface area contributed by atoms with Gasteiger partial charge >= 0.3 is 0 Å². The van der Waals surface area contributed by atoms with Gasteiger partial charge in [-0.1, -0.05) is 41.5 Å². The van der Waals surface area contributed by atoms with E-state index in [-0.39, 0.29) is 11.5 Å². The summed E-state index contributed by atoms with van der Waals surface area (Å²) in [6.07, 6.45) is 2.34. The Morgan fingerprint density at radius 3 is 1.88 bits per heavy atom. The molecule has 2 heteroatoms. The van der Waals surface area contributed by atoms with Crippen molar-refractivity contribution in [3.8, 4) is 0 Å². The molecule has 0 aromatic carbocycles. The highest BCUT2D eigenvalue weighted by Crippen LogP contribution is 2.34. The van der Waals surface area contributed by atoms with Crippen molar-refractivity contribution < 1.29 is 5.11 Å². The van der Waals surface area contributed by atoms with Gasteiger partial charge < -0.3 is 10.0 Å². The van der Waals surface area contributed by atoms with Gasteiger partial charge in [-0.2, -0.15) is 0 Å². The summed E-state index contributed by atoms with van der Waals surface area (Å²) >= 11 is 0. The van der Waals surface area contributed by atoms with Gasteiger partial charge in [0.25, 0.3) is 0 Å². The maximum absolute atomic E-state index is 10.1. The summed E-state index contributed by atoms with van der Waals surface area (Å²) < 4.78 is 0. The molecule has 1 unspecified atom stereocenters. The number of β-amino-alcohol motifs (C(OH)–C–C–N with tert-alkyl or cyclic N) is 1. The fourth-order valence-corrected chi connectivity index (χ4v) is 2.50. The Labute approximate surface area is 107 Å². The molecule has 1 saturated heterocycles. The number of aliphatic hydroxyl groups excluding tert-OH is 1. The largest absolute Gasteiger partial charge is 0.391 e. The van der Waals surface area contributed by atoms with Gasteiger partial charge in [-0.25, -0.2) is 0 Å². The molecule has 0 radical (unpaired) electrons. The number of nitrogens with zero attached hydrogens (tertiary/aromatic N) is 1. The molecule has 0 bridgehead atoms. The molecule has 1 aliphatic heterocycles. The number of likely N-dealkylation sites (tertiary alicyclic amines) is 1. The number of hydrogen-bond acceptors (Lipinski definition) is 2. The molecule has 0 spiro atoms. The molecule has 0 aromatic heterocycles. The number of aliphatic hydroxyl groups is 1. The Balaban J connectivity index is 2.38. The Bertz CT molecular complexity index is 228. The van der Waals surface area contributed by atoms with Crippen LogP contribution in [-0.4, -0.2) is 35.7 Å². The Kier molecular flexibility index (Phi) is 4.65. The van der Waals surface area contributed by atoms with Crippen molar-refractivity contribution in [3.63, 3.8) is 0 Å². The Morgan fingerprint density at radius 2 is 1.53 bits per heavy atom. The third-order valence-electron chi connectivity index (χ3n) is 4.24. The summed E-state index contributed by atoms with van der Waals surface area (Å²) in [7, 11) is 0. The van der Waals surface area contributed by atoms with Crippen LogP contribution in [0.5, 0.6) is 0 Å².